The van der Waals surface area contributed by atoms with Crippen molar-refractivity contribution in [3.8, 4) is 27.8 Å². The fourth-order valence-corrected chi connectivity index (χ4v) is 3.84. The molecule has 0 saturated carbocycles. The van der Waals surface area contributed by atoms with Gasteiger partial charge in [-0.1, -0.05) is 17.4 Å². The Hall–Kier alpha value is -3.26. The monoisotopic (exact) mass is 362 g/mol. The molecule has 0 aliphatic rings. The number of aromatic nitrogens is 6. The summed E-state index contributed by atoms with van der Waals surface area (Å²) in [5.41, 5.74) is 3.69. The fraction of sp³-hybridized carbons (Fsp3) is 0.111. The predicted octanol–water partition coefficient (Wildman–Crippen LogP) is 3.48. The molecule has 128 valence electrons. The molecule has 0 aliphatic carbocycles. The second-order valence-corrected chi connectivity index (χ2v) is 6.78. The first-order valence-corrected chi connectivity index (χ1v) is 8.87. The van der Waals surface area contributed by atoms with E-state index in [4.69, 9.17) is 9.84 Å². The lowest BCUT2D eigenvalue weighted by atomic mass is 10.2. The normalized spacial score (nSPS) is 11.5. The van der Waals surface area contributed by atoms with E-state index >= 15 is 0 Å². The Kier molecular flexibility index (Phi) is 3.26. The van der Waals surface area contributed by atoms with Gasteiger partial charge in [0.25, 0.3) is 0 Å². The smallest absolute Gasteiger partial charge is 0.235 e. The van der Waals surface area contributed by atoms with Crippen molar-refractivity contribution >= 4 is 21.9 Å². The number of pyridine rings is 1. The highest BCUT2D eigenvalue weighted by molar-refractivity contribution is 7.19. The minimum absolute atomic E-state index is 0.687. The highest BCUT2D eigenvalue weighted by Gasteiger charge is 2.19. The average Bonchev–Trinajstić information content (AvgIpc) is 3.33. The summed E-state index contributed by atoms with van der Waals surface area (Å²) in [7, 11) is 1.66. The number of fused-ring (bicyclic) bond motifs is 2. The average molecular weight is 362 g/mol. The van der Waals surface area contributed by atoms with E-state index in [1.165, 1.54) is 11.3 Å². The number of rotatable bonds is 3. The molecule has 5 aromatic rings. The van der Waals surface area contributed by atoms with Gasteiger partial charge in [0.15, 0.2) is 0 Å². The number of imidazole rings is 1. The SMILES string of the molecule is COc1ccc(-c2nn3c(-c4c(C)nc5ccccn45)nnc3s2)cc1. The third-order valence-corrected chi connectivity index (χ3v) is 5.19. The van der Waals surface area contributed by atoms with Gasteiger partial charge in [-0.15, -0.1) is 10.2 Å². The Morgan fingerprint density at radius 3 is 2.69 bits per heavy atom. The summed E-state index contributed by atoms with van der Waals surface area (Å²) in [6.45, 7) is 1.97. The molecule has 0 spiro atoms. The van der Waals surface area contributed by atoms with Crippen LogP contribution < -0.4 is 4.74 Å². The van der Waals surface area contributed by atoms with Crippen molar-refractivity contribution in [1.82, 2.24) is 29.2 Å². The number of hydrogen-bond acceptors (Lipinski definition) is 6. The first-order chi connectivity index (χ1) is 12.7. The van der Waals surface area contributed by atoms with Gasteiger partial charge in [-0.2, -0.15) is 9.61 Å². The summed E-state index contributed by atoms with van der Waals surface area (Å²) in [4.78, 5) is 5.35. The van der Waals surface area contributed by atoms with E-state index in [1.807, 2.05) is 60.0 Å². The molecule has 0 unspecified atom stereocenters. The first-order valence-electron chi connectivity index (χ1n) is 8.05. The summed E-state index contributed by atoms with van der Waals surface area (Å²) in [6.07, 6.45) is 1.97. The van der Waals surface area contributed by atoms with E-state index in [2.05, 4.69) is 15.2 Å². The molecule has 4 aromatic heterocycles. The molecule has 1 aromatic carbocycles. The molecule has 26 heavy (non-hydrogen) atoms. The number of aryl methyl sites for hydroxylation is 1. The molecule has 7 nitrogen and oxygen atoms in total. The summed E-state index contributed by atoms with van der Waals surface area (Å²) in [5.74, 6) is 1.51. The van der Waals surface area contributed by atoms with Crippen LogP contribution in [0.25, 0.3) is 32.7 Å². The maximum Gasteiger partial charge on any atom is 0.235 e. The second kappa shape index (κ2) is 5.63. The lowest BCUT2D eigenvalue weighted by Gasteiger charge is -2.00. The Morgan fingerprint density at radius 2 is 1.88 bits per heavy atom. The molecule has 0 fully saturated rings. The zero-order valence-electron chi connectivity index (χ0n) is 14.1. The van der Waals surface area contributed by atoms with Gasteiger partial charge in [0.2, 0.25) is 10.8 Å². The maximum atomic E-state index is 5.22. The number of methoxy groups -OCH3 is 1. The third kappa shape index (κ3) is 2.19. The fourth-order valence-electron chi connectivity index (χ4n) is 3.00. The lowest BCUT2D eigenvalue weighted by Crippen LogP contribution is -1.96. The van der Waals surface area contributed by atoms with Crippen LogP contribution in [0, 0.1) is 6.92 Å². The summed E-state index contributed by atoms with van der Waals surface area (Å²) >= 11 is 1.50. The van der Waals surface area contributed by atoms with Crippen LogP contribution in [0.1, 0.15) is 5.69 Å². The van der Waals surface area contributed by atoms with Crippen LogP contribution in [-0.2, 0) is 0 Å². The summed E-state index contributed by atoms with van der Waals surface area (Å²) < 4.78 is 9.01. The molecule has 4 heterocycles. The van der Waals surface area contributed by atoms with Crippen molar-refractivity contribution < 1.29 is 4.74 Å². The Morgan fingerprint density at radius 1 is 1.04 bits per heavy atom. The highest BCUT2D eigenvalue weighted by atomic mass is 32.1. The molecule has 0 saturated heterocycles. The molecule has 0 N–H and O–H groups in total. The van der Waals surface area contributed by atoms with Gasteiger partial charge in [0.05, 0.1) is 12.8 Å². The highest BCUT2D eigenvalue weighted by Crippen LogP contribution is 2.30. The standard InChI is InChI=1S/C18H14N6OS/c1-11-15(23-10-4-3-5-14(23)19-11)16-20-21-18-24(16)22-17(26-18)12-6-8-13(25-2)9-7-12/h3-10H,1-2H3. The van der Waals surface area contributed by atoms with Gasteiger partial charge in [0, 0.05) is 11.8 Å². The Balaban J connectivity index is 1.67. The molecule has 0 bridgehead atoms. The minimum Gasteiger partial charge on any atom is -0.497 e. The van der Waals surface area contributed by atoms with Crippen molar-refractivity contribution in [2.75, 3.05) is 7.11 Å². The van der Waals surface area contributed by atoms with Gasteiger partial charge in [0.1, 0.15) is 22.1 Å². The van der Waals surface area contributed by atoms with Gasteiger partial charge in [-0.3, -0.25) is 4.40 Å². The van der Waals surface area contributed by atoms with E-state index in [1.54, 1.807) is 11.6 Å². The molecule has 0 atom stereocenters. The van der Waals surface area contributed by atoms with E-state index in [9.17, 15) is 0 Å². The van der Waals surface area contributed by atoms with Crippen LogP contribution in [0.15, 0.2) is 48.7 Å². The van der Waals surface area contributed by atoms with Crippen LogP contribution in [0.2, 0.25) is 0 Å². The summed E-state index contributed by atoms with van der Waals surface area (Å²) in [6, 6.07) is 13.7. The quantitative estimate of drug-likeness (QED) is 0.491. The number of ether oxygens (including phenoxy) is 1. The number of benzene rings is 1. The molecular formula is C18H14N6OS. The zero-order chi connectivity index (χ0) is 17.7. The predicted molar refractivity (Wildman–Crippen MR) is 99.6 cm³/mol. The summed E-state index contributed by atoms with van der Waals surface area (Å²) in [5, 5.41) is 14.3. The minimum atomic E-state index is 0.687. The Labute approximate surface area is 152 Å². The molecule has 8 heteroatoms. The van der Waals surface area contributed by atoms with Crippen molar-refractivity contribution in [2.24, 2.45) is 0 Å². The number of hydrogen-bond donors (Lipinski definition) is 0. The molecule has 0 radical (unpaired) electrons. The van der Waals surface area contributed by atoms with Crippen molar-refractivity contribution in [2.45, 2.75) is 6.92 Å². The first kappa shape index (κ1) is 15.0. The van der Waals surface area contributed by atoms with Gasteiger partial charge >= 0.3 is 0 Å². The van der Waals surface area contributed by atoms with Crippen LogP contribution in [0.3, 0.4) is 0 Å². The molecule has 0 aliphatic heterocycles. The largest absolute Gasteiger partial charge is 0.497 e. The van der Waals surface area contributed by atoms with Crippen LogP contribution >= 0.6 is 11.3 Å². The van der Waals surface area contributed by atoms with E-state index < -0.39 is 0 Å². The van der Waals surface area contributed by atoms with Crippen LogP contribution in [-0.4, -0.2) is 36.3 Å². The topological polar surface area (TPSA) is 69.6 Å². The van der Waals surface area contributed by atoms with Gasteiger partial charge < -0.3 is 4.74 Å². The molecule has 5 rings (SSSR count). The molecule has 0 amide bonds. The second-order valence-electron chi connectivity index (χ2n) is 5.83. The van der Waals surface area contributed by atoms with E-state index in [0.29, 0.717) is 5.82 Å². The van der Waals surface area contributed by atoms with Gasteiger partial charge in [-0.25, -0.2) is 4.98 Å². The molecular weight excluding hydrogens is 348 g/mol. The Bertz CT molecular complexity index is 1230. The van der Waals surface area contributed by atoms with E-state index in [0.717, 1.165) is 38.3 Å². The van der Waals surface area contributed by atoms with Crippen molar-refractivity contribution in [3.05, 3.63) is 54.4 Å². The van der Waals surface area contributed by atoms with Gasteiger partial charge in [-0.05, 0) is 43.3 Å². The van der Waals surface area contributed by atoms with E-state index in [-0.39, 0.29) is 0 Å². The third-order valence-electron chi connectivity index (χ3n) is 4.24. The maximum absolute atomic E-state index is 5.22. The van der Waals surface area contributed by atoms with Crippen LogP contribution in [0.5, 0.6) is 5.75 Å². The van der Waals surface area contributed by atoms with Crippen molar-refractivity contribution in [1.29, 1.82) is 0 Å². The zero-order valence-corrected chi connectivity index (χ0v) is 14.9. The van der Waals surface area contributed by atoms with Crippen molar-refractivity contribution in [3.63, 3.8) is 0 Å². The lowest BCUT2D eigenvalue weighted by molar-refractivity contribution is 0.415. The number of nitrogens with zero attached hydrogens (tertiary/aromatic N) is 6. The van der Waals surface area contributed by atoms with Crippen LogP contribution in [0.4, 0.5) is 0 Å².